The number of hydrogen-bond acceptors (Lipinski definition) is 5. The smallest absolute Gasteiger partial charge is 0.275 e. The first-order valence-electron chi connectivity index (χ1n) is 10.1. The SMILES string of the molecule is COc1ccc(N2C3=[N+](CCCCC3)CC2(O)c2ccc(OC)c(OC)c2)cc1. The average Bonchev–Trinajstić information content (AvgIpc) is 2.89. The zero-order valence-corrected chi connectivity index (χ0v) is 17.4. The Morgan fingerprint density at radius 2 is 1.66 bits per heavy atom. The van der Waals surface area contributed by atoms with Crippen molar-refractivity contribution in [2.45, 2.75) is 31.4 Å². The number of ether oxygens (including phenoxy) is 3. The average molecular weight is 397 g/mol. The molecule has 2 heterocycles. The summed E-state index contributed by atoms with van der Waals surface area (Å²) in [5.41, 5.74) is 0.537. The highest BCUT2D eigenvalue weighted by Crippen LogP contribution is 2.41. The molecule has 2 aromatic rings. The Bertz CT molecular complexity index is 910. The number of rotatable bonds is 5. The highest BCUT2D eigenvalue weighted by molar-refractivity contribution is 5.97. The van der Waals surface area contributed by atoms with Gasteiger partial charge in [0.1, 0.15) is 11.4 Å². The van der Waals surface area contributed by atoms with Crippen LogP contribution in [-0.4, -0.2) is 49.9 Å². The number of hydrogen-bond donors (Lipinski definition) is 1. The van der Waals surface area contributed by atoms with Gasteiger partial charge in [-0.3, -0.25) is 4.58 Å². The molecule has 0 bridgehead atoms. The third-order valence-corrected chi connectivity index (χ3v) is 5.91. The minimum atomic E-state index is -1.19. The summed E-state index contributed by atoms with van der Waals surface area (Å²) in [6, 6.07) is 13.5. The van der Waals surface area contributed by atoms with E-state index in [-0.39, 0.29) is 0 Å². The summed E-state index contributed by atoms with van der Waals surface area (Å²) in [6.45, 7) is 1.47. The van der Waals surface area contributed by atoms with Crippen LogP contribution < -0.4 is 19.1 Å². The van der Waals surface area contributed by atoms with E-state index in [1.807, 2.05) is 42.5 Å². The molecular formula is C23H29N2O4+. The lowest BCUT2D eigenvalue weighted by atomic mass is 9.99. The van der Waals surface area contributed by atoms with Gasteiger partial charge in [-0.2, -0.15) is 4.90 Å². The molecule has 1 atom stereocenters. The van der Waals surface area contributed by atoms with Crippen molar-refractivity contribution < 1.29 is 23.9 Å². The van der Waals surface area contributed by atoms with Crippen molar-refractivity contribution in [3.63, 3.8) is 0 Å². The van der Waals surface area contributed by atoms with Crippen LogP contribution in [0.4, 0.5) is 5.69 Å². The van der Waals surface area contributed by atoms with E-state index in [0.717, 1.165) is 42.8 Å². The highest BCUT2D eigenvalue weighted by atomic mass is 16.5. The van der Waals surface area contributed by atoms with Crippen molar-refractivity contribution in [2.24, 2.45) is 0 Å². The third-order valence-electron chi connectivity index (χ3n) is 5.91. The molecule has 2 aliphatic rings. The van der Waals surface area contributed by atoms with Crippen LogP contribution in [0, 0.1) is 0 Å². The zero-order valence-electron chi connectivity index (χ0n) is 17.4. The molecule has 0 fully saturated rings. The maximum absolute atomic E-state index is 12.0. The maximum atomic E-state index is 12.0. The number of anilines is 1. The molecule has 2 aromatic carbocycles. The van der Waals surface area contributed by atoms with Gasteiger partial charge >= 0.3 is 0 Å². The fraction of sp³-hybridized carbons (Fsp3) is 0.435. The second-order valence-corrected chi connectivity index (χ2v) is 7.57. The van der Waals surface area contributed by atoms with Crippen LogP contribution in [0.15, 0.2) is 42.5 Å². The van der Waals surface area contributed by atoms with Gasteiger partial charge in [0, 0.05) is 12.0 Å². The molecule has 6 heteroatoms. The van der Waals surface area contributed by atoms with Gasteiger partial charge in [-0.15, -0.1) is 0 Å². The summed E-state index contributed by atoms with van der Waals surface area (Å²) in [5, 5.41) is 12.0. The molecule has 0 saturated carbocycles. The van der Waals surface area contributed by atoms with E-state index >= 15 is 0 Å². The number of nitrogens with zero attached hydrogens (tertiary/aromatic N) is 2. The minimum absolute atomic E-state index is 0.518. The fourth-order valence-corrected chi connectivity index (χ4v) is 4.42. The molecular weight excluding hydrogens is 368 g/mol. The quantitative estimate of drug-likeness (QED) is 0.784. The lowest BCUT2D eigenvalue weighted by molar-refractivity contribution is -0.534. The van der Waals surface area contributed by atoms with Crippen molar-refractivity contribution in [3.05, 3.63) is 48.0 Å². The molecule has 154 valence electrons. The molecule has 0 amide bonds. The summed E-state index contributed by atoms with van der Waals surface area (Å²) < 4.78 is 18.5. The summed E-state index contributed by atoms with van der Waals surface area (Å²) in [7, 11) is 4.89. The third kappa shape index (κ3) is 3.42. The predicted octanol–water partition coefficient (Wildman–Crippen LogP) is 3.36. The highest BCUT2D eigenvalue weighted by Gasteiger charge is 2.54. The lowest BCUT2D eigenvalue weighted by Crippen LogP contribution is -2.47. The van der Waals surface area contributed by atoms with Crippen molar-refractivity contribution in [1.29, 1.82) is 0 Å². The van der Waals surface area contributed by atoms with Gasteiger partial charge < -0.3 is 19.3 Å². The van der Waals surface area contributed by atoms with Crippen LogP contribution in [0.5, 0.6) is 17.2 Å². The summed E-state index contributed by atoms with van der Waals surface area (Å²) >= 11 is 0. The summed E-state index contributed by atoms with van der Waals surface area (Å²) in [4.78, 5) is 2.08. The Kier molecular flexibility index (Phi) is 5.37. The summed E-state index contributed by atoms with van der Waals surface area (Å²) in [6.07, 6.45) is 4.43. The zero-order chi connectivity index (χ0) is 20.4. The fourth-order valence-electron chi connectivity index (χ4n) is 4.42. The molecule has 0 spiro atoms. The molecule has 29 heavy (non-hydrogen) atoms. The van der Waals surface area contributed by atoms with Crippen LogP contribution in [-0.2, 0) is 5.72 Å². The van der Waals surface area contributed by atoms with Gasteiger partial charge in [-0.05, 0) is 61.7 Å². The largest absolute Gasteiger partial charge is 0.497 e. The van der Waals surface area contributed by atoms with Crippen molar-refractivity contribution in [1.82, 2.24) is 0 Å². The van der Waals surface area contributed by atoms with Crippen LogP contribution in [0.1, 0.15) is 31.2 Å². The Balaban J connectivity index is 1.82. The van der Waals surface area contributed by atoms with Gasteiger partial charge in [-0.1, -0.05) is 0 Å². The standard InChI is InChI=1S/C23H29N2O4/c1-27-19-11-9-18(10-12-19)25-22-7-5-4-6-14-24(22)16-23(25,26)17-8-13-20(28-2)21(15-17)29-3/h8-13,15,26H,4-7,14,16H2,1-3H3/q+1. The van der Waals surface area contributed by atoms with E-state index in [1.165, 1.54) is 12.3 Å². The molecule has 1 unspecified atom stereocenters. The Morgan fingerprint density at radius 3 is 2.34 bits per heavy atom. The Labute approximate surface area is 171 Å². The van der Waals surface area contributed by atoms with Crippen LogP contribution in [0.2, 0.25) is 0 Å². The molecule has 0 aliphatic carbocycles. The van der Waals surface area contributed by atoms with E-state index in [1.54, 1.807) is 21.3 Å². The molecule has 6 nitrogen and oxygen atoms in total. The topological polar surface area (TPSA) is 54.2 Å². The van der Waals surface area contributed by atoms with Gasteiger partial charge in [0.15, 0.2) is 18.0 Å². The van der Waals surface area contributed by atoms with Crippen molar-refractivity contribution >= 4 is 11.5 Å². The molecule has 1 N–H and O–H groups in total. The number of benzene rings is 2. The van der Waals surface area contributed by atoms with E-state index in [0.29, 0.717) is 18.0 Å². The Hall–Kier alpha value is -2.73. The minimum Gasteiger partial charge on any atom is -0.497 e. The van der Waals surface area contributed by atoms with Crippen LogP contribution in [0.25, 0.3) is 0 Å². The number of amidine groups is 1. The van der Waals surface area contributed by atoms with Gasteiger partial charge in [0.25, 0.3) is 11.6 Å². The first-order chi connectivity index (χ1) is 14.1. The van der Waals surface area contributed by atoms with E-state index in [2.05, 4.69) is 9.48 Å². The van der Waals surface area contributed by atoms with E-state index < -0.39 is 5.72 Å². The lowest BCUT2D eigenvalue weighted by Gasteiger charge is -2.29. The predicted molar refractivity (Wildman–Crippen MR) is 112 cm³/mol. The van der Waals surface area contributed by atoms with Crippen LogP contribution >= 0.6 is 0 Å². The van der Waals surface area contributed by atoms with Gasteiger partial charge in [0.05, 0.1) is 27.9 Å². The monoisotopic (exact) mass is 397 g/mol. The number of methoxy groups -OCH3 is 3. The van der Waals surface area contributed by atoms with Crippen molar-refractivity contribution in [3.8, 4) is 17.2 Å². The molecule has 2 aliphatic heterocycles. The second kappa shape index (κ2) is 7.95. The second-order valence-electron chi connectivity index (χ2n) is 7.57. The number of aliphatic hydroxyl groups is 1. The molecule has 0 radical (unpaired) electrons. The molecule has 0 aromatic heterocycles. The molecule has 0 saturated heterocycles. The van der Waals surface area contributed by atoms with E-state index in [4.69, 9.17) is 14.2 Å². The first kappa shape index (κ1) is 19.6. The van der Waals surface area contributed by atoms with Gasteiger partial charge in [-0.25, -0.2) is 0 Å². The van der Waals surface area contributed by atoms with Crippen molar-refractivity contribution in [2.75, 3.05) is 39.3 Å². The normalized spacial score (nSPS) is 21.6. The first-order valence-corrected chi connectivity index (χ1v) is 10.1. The maximum Gasteiger partial charge on any atom is 0.275 e. The van der Waals surface area contributed by atoms with E-state index in [9.17, 15) is 5.11 Å². The van der Waals surface area contributed by atoms with Crippen LogP contribution in [0.3, 0.4) is 0 Å². The van der Waals surface area contributed by atoms with Gasteiger partial charge in [0.2, 0.25) is 0 Å². The summed E-state index contributed by atoms with van der Waals surface area (Å²) in [5.74, 6) is 3.23. The molecule has 4 rings (SSSR count). The Morgan fingerprint density at radius 1 is 0.897 bits per heavy atom.